The second kappa shape index (κ2) is 5.10. The molecule has 0 saturated carbocycles. The Morgan fingerprint density at radius 2 is 2.12 bits per heavy atom. The molecule has 0 bridgehead atoms. The zero-order chi connectivity index (χ0) is 13.0. The van der Waals surface area contributed by atoms with Crippen LogP contribution in [0.1, 0.15) is 17.3 Å². The molecule has 0 saturated heterocycles. The van der Waals surface area contributed by atoms with E-state index in [9.17, 15) is 19.2 Å². The number of nitrogens with one attached hydrogen (secondary N) is 2. The topological polar surface area (TPSA) is 127 Å². The van der Waals surface area contributed by atoms with Crippen molar-refractivity contribution in [2.24, 2.45) is 5.73 Å². The first-order valence-corrected chi connectivity index (χ1v) is 4.80. The molecular weight excluding hydrogens is 228 g/mol. The van der Waals surface area contributed by atoms with Crippen molar-refractivity contribution in [1.29, 1.82) is 0 Å². The summed E-state index contributed by atoms with van der Waals surface area (Å²) in [6.07, 6.45) is 1.07. The van der Waals surface area contributed by atoms with Gasteiger partial charge in [-0.05, 0) is 6.92 Å². The fraction of sp³-hybridized carbons (Fsp3) is 0.333. The van der Waals surface area contributed by atoms with Gasteiger partial charge in [0.05, 0.1) is 5.56 Å². The lowest BCUT2D eigenvalue weighted by atomic mass is 10.2. The number of urea groups is 1. The molecule has 1 heterocycles. The second-order valence-corrected chi connectivity index (χ2v) is 3.31. The van der Waals surface area contributed by atoms with Gasteiger partial charge in [-0.15, -0.1) is 0 Å². The first kappa shape index (κ1) is 12.7. The van der Waals surface area contributed by atoms with Crippen LogP contribution in [0, 0.1) is 0 Å². The van der Waals surface area contributed by atoms with Gasteiger partial charge in [0.25, 0.3) is 5.56 Å². The van der Waals surface area contributed by atoms with Crippen LogP contribution in [0.2, 0.25) is 0 Å². The number of ketones is 1. The Kier molecular flexibility index (Phi) is 3.81. The summed E-state index contributed by atoms with van der Waals surface area (Å²) in [5.41, 5.74) is 3.39. The van der Waals surface area contributed by atoms with E-state index in [-0.39, 0.29) is 18.7 Å². The Hall–Kier alpha value is -2.38. The fourth-order valence-electron chi connectivity index (χ4n) is 1.26. The van der Waals surface area contributed by atoms with Crippen LogP contribution >= 0.6 is 0 Å². The highest BCUT2D eigenvalue weighted by Gasteiger charge is 2.10. The van der Waals surface area contributed by atoms with E-state index in [4.69, 9.17) is 5.73 Å². The predicted octanol–water partition coefficient (Wildman–Crippen LogP) is -1.59. The van der Waals surface area contributed by atoms with E-state index in [2.05, 4.69) is 10.3 Å². The minimum atomic E-state index is -0.753. The Labute approximate surface area is 95.4 Å². The minimum Gasteiger partial charge on any atom is -0.352 e. The van der Waals surface area contributed by atoms with Gasteiger partial charge in [0.15, 0.2) is 5.78 Å². The maximum atomic E-state index is 11.7. The minimum absolute atomic E-state index is 0.0275. The van der Waals surface area contributed by atoms with Crippen LogP contribution in [0.4, 0.5) is 4.79 Å². The van der Waals surface area contributed by atoms with Crippen LogP contribution in [0.3, 0.4) is 0 Å². The predicted molar refractivity (Wildman–Crippen MR) is 58.9 cm³/mol. The standard InChI is InChI=1S/C9H12N4O4/c1-5(14)6-4-12-9(17)13(7(6)15)3-2-11-8(10)16/h4H,2-3H2,1H3,(H,12,17)(H3,10,11,16). The highest BCUT2D eigenvalue weighted by atomic mass is 16.2. The molecule has 0 unspecified atom stereocenters. The number of aromatic nitrogens is 2. The van der Waals surface area contributed by atoms with Crippen molar-refractivity contribution in [1.82, 2.24) is 14.9 Å². The van der Waals surface area contributed by atoms with Gasteiger partial charge in [-0.25, -0.2) is 9.59 Å². The maximum Gasteiger partial charge on any atom is 0.328 e. The molecule has 0 radical (unpaired) electrons. The molecule has 17 heavy (non-hydrogen) atoms. The maximum absolute atomic E-state index is 11.7. The summed E-state index contributed by atoms with van der Waals surface area (Å²) < 4.78 is 0.826. The van der Waals surface area contributed by atoms with Crippen molar-refractivity contribution in [2.75, 3.05) is 6.54 Å². The lowest BCUT2D eigenvalue weighted by molar-refractivity contribution is 0.101. The summed E-state index contributed by atoms with van der Waals surface area (Å²) in [6, 6.07) is -0.753. The van der Waals surface area contributed by atoms with Gasteiger partial charge < -0.3 is 16.0 Å². The Bertz CT molecular complexity index is 557. The number of hydrogen-bond acceptors (Lipinski definition) is 4. The van der Waals surface area contributed by atoms with Gasteiger partial charge in [0.1, 0.15) is 0 Å². The number of carbonyl (C=O) groups excluding carboxylic acids is 2. The number of aromatic amines is 1. The number of primary amides is 1. The van der Waals surface area contributed by atoms with Crippen LogP contribution in [-0.2, 0) is 6.54 Å². The van der Waals surface area contributed by atoms with E-state index >= 15 is 0 Å². The number of Topliss-reactive ketones (excluding diaryl/α,β-unsaturated/α-hetero) is 1. The van der Waals surface area contributed by atoms with Crippen molar-refractivity contribution in [3.63, 3.8) is 0 Å². The van der Waals surface area contributed by atoms with Crippen molar-refractivity contribution < 1.29 is 9.59 Å². The molecule has 8 nitrogen and oxygen atoms in total. The normalized spacial score (nSPS) is 9.94. The number of H-pyrrole nitrogens is 1. The van der Waals surface area contributed by atoms with Crippen molar-refractivity contribution in [2.45, 2.75) is 13.5 Å². The van der Waals surface area contributed by atoms with Crippen LogP contribution in [0.15, 0.2) is 15.8 Å². The van der Waals surface area contributed by atoms with E-state index in [0.29, 0.717) is 0 Å². The summed E-state index contributed by atoms with van der Waals surface area (Å²) in [4.78, 5) is 46.8. The molecule has 92 valence electrons. The molecule has 1 aromatic heterocycles. The van der Waals surface area contributed by atoms with Gasteiger partial charge in [-0.3, -0.25) is 14.2 Å². The third kappa shape index (κ3) is 3.03. The van der Waals surface area contributed by atoms with E-state index in [1.54, 1.807) is 0 Å². The highest BCUT2D eigenvalue weighted by Crippen LogP contribution is 1.87. The largest absolute Gasteiger partial charge is 0.352 e. The molecule has 0 aliphatic heterocycles. The lowest BCUT2D eigenvalue weighted by Gasteiger charge is -2.05. The quantitative estimate of drug-likeness (QED) is 0.548. The molecule has 1 aromatic rings. The first-order valence-electron chi connectivity index (χ1n) is 4.80. The van der Waals surface area contributed by atoms with Gasteiger partial charge in [-0.2, -0.15) is 0 Å². The van der Waals surface area contributed by atoms with E-state index in [0.717, 1.165) is 10.8 Å². The van der Waals surface area contributed by atoms with Crippen molar-refractivity contribution >= 4 is 11.8 Å². The molecular formula is C9H12N4O4. The summed E-state index contributed by atoms with van der Waals surface area (Å²) in [5.74, 6) is -0.442. The van der Waals surface area contributed by atoms with Gasteiger partial charge in [0, 0.05) is 19.3 Å². The Balaban J connectivity index is 3.02. The molecule has 0 aliphatic carbocycles. The molecule has 2 amide bonds. The zero-order valence-electron chi connectivity index (χ0n) is 9.15. The van der Waals surface area contributed by atoms with Crippen molar-refractivity contribution in [3.05, 3.63) is 32.6 Å². The molecule has 0 spiro atoms. The van der Waals surface area contributed by atoms with Crippen LogP contribution in [-0.4, -0.2) is 27.9 Å². The average Bonchev–Trinajstić information content (AvgIpc) is 2.21. The van der Waals surface area contributed by atoms with E-state index in [1.807, 2.05) is 0 Å². The Morgan fingerprint density at radius 3 is 2.65 bits per heavy atom. The third-order valence-corrected chi connectivity index (χ3v) is 2.07. The number of hydrogen-bond donors (Lipinski definition) is 3. The van der Waals surface area contributed by atoms with Gasteiger partial charge in [0.2, 0.25) is 0 Å². The van der Waals surface area contributed by atoms with Crippen LogP contribution < -0.4 is 22.3 Å². The number of carbonyl (C=O) groups is 2. The average molecular weight is 240 g/mol. The Morgan fingerprint density at radius 1 is 1.47 bits per heavy atom. The smallest absolute Gasteiger partial charge is 0.328 e. The van der Waals surface area contributed by atoms with Crippen LogP contribution in [0.5, 0.6) is 0 Å². The molecule has 1 rings (SSSR count). The van der Waals surface area contributed by atoms with Gasteiger partial charge >= 0.3 is 11.7 Å². The highest BCUT2D eigenvalue weighted by molar-refractivity contribution is 5.93. The van der Waals surface area contributed by atoms with Crippen LogP contribution in [0.25, 0.3) is 0 Å². The van der Waals surface area contributed by atoms with E-state index < -0.39 is 23.1 Å². The first-order chi connectivity index (χ1) is 7.93. The summed E-state index contributed by atoms with van der Waals surface area (Å²) in [7, 11) is 0. The summed E-state index contributed by atoms with van der Waals surface area (Å²) >= 11 is 0. The molecule has 0 aromatic carbocycles. The molecule has 0 fully saturated rings. The monoisotopic (exact) mass is 240 g/mol. The molecule has 0 atom stereocenters. The second-order valence-electron chi connectivity index (χ2n) is 3.31. The number of nitrogens with zero attached hydrogens (tertiary/aromatic N) is 1. The zero-order valence-corrected chi connectivity index (χ0v) is 9.15. The van der Waals surface area contributed by atoms with E-state index in [1.165, 1.54) is 6.92 Å². The molecule has 8 heteroatoms. The SMILES string of the molecule is CC(=O)c1c[nH]c(=O)n(CCNC(N)=O)c1=O. The number of amides is 2. The fourth-order valence-corrected chi connectivity index (χ4v) is 1.26. The summed E-state index contributed by atoms with van der Waals surface area (Å²) in [6.45, 7) is 1.19. The number of rotatable bonds is 4. The third-order valence-electron chi connectivity index (χ3n) is 2.07. The van der Waals surface area contributed by atoms with Gasteiger partial charge in [-0.1, -0.05) is 0 Å². The van der Waals surface area contributed by atoms with Crippen molar-refractivity contribution in [3.8, 4) is 0 Å². The molecule has 0 aliphatic rings. The summed E-state index contributed by atoms with van der Waals surface area (Å²) in [5, 5.41) is 2.24. The molecule has 4 N–H and O–H groups in total. The number of nitrogens with two attached hydrogens (primary N) is 1. The lowest BCUT2D eigenvalue weighted by Crippen LogP contribution is -2.41.